The van der Waals surface area contributed by atoms with Crippen LogP contribution in [0.25, 0.3) is 53.8 Å². The number of pyridine rings is 2. The van der Waals surface area contributed by atoms with Crippen LogP contribution in [0, 0.1) is 18.1 Å². The summed E-state index contributed by atoms with van der Waals surface area (Å²) in [6.45, 7) is 11.7. The van der Waals surface area contributed by atoms with Gasteiger partial charge in [-0.05, 0) is 57.1 Å². The molecule has 2 nitrogen and oxygen atoms in total. The van der Waals surface area contributed by atoms with Crippen molar-refractivity contribution in [1.82, 2.24) is 9.97 Å². The zero-order valence-electron chi connectivity index (χ0n) is 30.3. The van der Waals surface area contributed by atoms with Crippen molar-refractivity contribution in [2.75, 3.05) is 0 Å². The van der Waals surface area contributed by atoms with E-state index in [0.29, 0.717) is 5.92 Å². The first kappa shape index (κ1) is 37.0. The standard InChI is InChI=1S/C26H20NS.C20H26NSi.Ir/c1-17(2)19-14-15-27-23(16-19)21-13-12-20(18-8-4-3-5-9-18)25-22-10-6-7-11-24(22)28-26(21)25;1-22(2,3)20-15-21-19(17-11-5-4-6-12-17)14-18(20)13-16-9-7-8-10-16;/h3-12,14-17H,1-2H3;4-6,11,14-16H,7-10,13H2,1-3H3;/q2*-1;. The van der Waals surface area contributed by atoms with Crippen molar-refractivity contribution < 1.29 is 20.1 Å². The third-order valence-electron chi connectivity index (χ3n) is 10.0. The molecular weight excluding hydrogens is 833 g/mol. The molecular formula is C46H46IrN2SSi-2. The zero-order valence-corrected chi connectivity index (χ0v) is 34.5. The molecule has 3 aromatic heterocycles. The van der Waals surface area contributed by atoms with E-state index < -0.39 is 8.07 Å². The molecule has 0 unspecified atom stereocenters. The van der Waals surface area contributed by atoms with E-state index in [0.717, 1.165) is 28.4 Å². The fraction of sp³-hybridized carbons (Fsp3) is 0.261. The molecule has 0 spiro atoms. The number of hydrogen-bond acceptors (Lipinski definition) is 3. The van der Waals surface area contributed by atoms with Gasteiger partial charge >= 0.3 is 0 Å². The molecule has 1 aliphatic rings. The van der Waals surface area contributed by atoms with Gasteiger partial charge in [-0.3, -0.25) is 0 Å². The molecule has 0 aliphatic heterocycles. The van der Waals surface area contributed by atoms with E-state index in [1.807, 2.05) is 29.7 Å². The monoisotopic (exact) mass is 879 g/mol. The summed E-state index contributed by atoms with van der Waals surface area (Å²) in [5.74, 6) is 1.35. The van der Waals surface area contributed by atoms with Gasteiger partial charge in [0, 0.05) is 37.2 Å². The molecule has 1 aliphatic carbocycles. The van der Waals surface area contributed by atoms with Crippen LogP contribution in [0.1, 0.15) is 56.6 Å². The molecule has 261 valence electrons. The minimum atomic E-state index is -1.35. The average Bonchev–Trinajstić information content (AvgIpc) is 3.80. The largest absolute Gasteiger partial charge is 0.305 e. The fourth-order valence-electron chi connectivity index (χ4n) is 7.32. The van der Waals surface area contributed by atoms with Crippen LogP contribution >= 0.6 is 11.3 Å². The Morgan fingerprint density at radius 3 is 2.29 bits per heavy atom. The van der Waals surface area contributed by atoms with Crippen LogP contribution in [0.3, 0.4) is 0 Å². The second-order valence-electron chi connectivity index (χ2n) is 15.0. The Labute approximate surface area is 322 Å². The van der Waals surface area contributed by atoms with Crippen LogP contribution in [-0.4, -0.2) is 18.0 Å². The molecule has 4 aromatic carbocycles. The van der Waals surface area contributed by atoms with Crippen LogP contribution in [0.5, 0.6) is 0 Å². The first-order valence-electron chi connectivity index (χ1n) is 18.1. The van der Waals surface area contributed by atoms with E-state index in [-0.39, 0.29) is 20.1 Å². The number of hydrogen-bond donors (Lipinski definition) is 0. The van der Waals surface area contributed by atoms with E-state index in [1.165, 1.54) is 69.0 Å². The zero-order chi connectivity index (χ0) is 34.7. The number of fused-ring (bicyclic) bond motifs is 3. The molecule has 8 rings (SSSR count). The first-order chi connectivity index (χ1) is 24.3. The van der Waals surface area contributed by atoms with Crippen LogP contribution in [0.15, 0.2) is 116 Å². The minimum absolute atomic E-state index is 0. The van der Waals surface area contributed by atoms with Gasteiger partial charge in [0.2, 0.25) is 0 Å². The molecule has 3 heterocycles. The van der Waals surface area contributed by atoms with Gasteiger partial charge in [-0.15, -0.1) is 53.6 Å². The van der Waals surface area contributed by atoms with Crippen LogP contribution in [-0.2, 0) is 26.5 Å². The number of aromatic nitrogens is 2. The number of nitrogens with zero attached hydrogens (tertiary/aromatic N) is 2. The summed E-state index contributed by atoms with van der Waals surface area (Å²) < 4.78 is 2.56. The quantitative estimate of drug-likeness (QED) is 0.118. The third kappa shape index (κ3) is 8.34. The van der Waals surface area contributed by atoms with Gasteiger partial charge in [0.15, 0.2) is 0 Å². The topological polar surface area (TPSA) is 25.8 Å². The summed E-state index contributed by atoms with van der Waals surface area (Å²) in [6, 6.07) is 43.1. The molecule has 51 heavy (non-hydrogen) atoms. The van der Waals surface area contributed by atoms with Crippen LogP contribution < -0.4 is 5.19 Å². The van der Waals surface area contributed by atoms with Crippen molar-refractivity contribution in [2.24, 2.45) is 5.92 Å². The van der Waals surface area contributed by atoms with Gasteiger partial charge in [0.05, 0.1) is 8.07 Å². The molecule has 0 bridgehead atoms. The first-order valence-corrected chi connectivity index (χ1v) is 22.4. The predicted octanol–water partition coefficient (Wildman–Crippen LogP) is 12.5. The number of thiophene rings is 1. The Morgan fingerprint density at radius 2 is 1.57 bits per heavy atom. The van der Waals surface area contributed by atoms with E-state index >= 15 is 0 Å². The van der Waals surface area contributed by atoms with Crippen molar-refractivity contribution in [3.05, 3.63) is 139 Å². The van der Waals surface area contributed by atoms with E-state index in [4.69, 9.17) is 9.97 Å². The fourth-order valence-corrected chi connectivity index (χ4v) is 10.1. The molecule has 0 amide bonds. The molecule has 0 N–H and O–H groups in total. The Morgan fingerprint density at radius 1 is 0.824 bits per heavy atom. The summed E-state index contributed by atoms with van der Waals surface area (Å²) >= 11 is 1.83. The Balaban J connectivity index is 0.000000178. The normalized spacial score (nSPS) is 13.3. The second-order valence-corrected chi connectivity index (χ2v) is 21.1. The Bertz CT molecular complexity index is 2210. The molecule has 5 heteroatoms. The van der Waals surface area contributed by atoms with E-state index in [1.54, 1.807) is 10.8 Å². The maximum Gasteiger partial charge on any atom is 0.0798 e. The maximum absolute atomic E-state index is 4.75. The average molecular weight is 879 g/mol. The van der Waals surface area contributed by atoms with Crippen molar-refractivity contribution in [2.45, 2.75) is 71.5 Å². The molecule has 7 aromatic rings. The van der Waals surface area contributed by atoms with Gasteiger partial charge < -0.3 is 9.97 Å². The van der Waals surface area contributed by atoms with E-state index in [9.17, 15) is 0 Å². The van der Waals surface area contributed by atoms with Gasteiger partial charge in [-0.2, -0.15) is 11.3 Å². The van der Waals surface area contributed by atoms with Crippen molar-refractivity contribution in [1.29, 1.82) is 0 Å². The third-order valence-corrected chi connectivity index (χ3v) is 13.3. The molecule has 1 radical (unpaired) electrons. The van der Waals surface area contributed by atoms with E-state index in [2.05, 4.69) is 143 Å². The summed E-state index contributed by atoms with van der Waals surface area (Å²) in [5.41, 5.74) is 9.60. The Kier molecular flexibility index (Phi) is 11.8. The minimum Gasteiger partial charge on any atom is -0.305 e. The van der Waals surface area contributed by atoms with Crippen molar-refractivity contribution >= 4 is 44.8 Å². The molecule has 1 fully saturated rings. The Hall–Kier alpha value is -3.73. The van der Waals surface area contributed by atoms with Crippen LogP contribution in [0.4, 0.5) is 0 Å². The SMILES string of the molecule is CC(C)c1ccnc(-c2[c-]cc(-c3ccccc3)c3c2sc2ccccc23)c1.C[Si](C)(C)c1cnc(-c2[c-]cccc2)cc1CC1CCCC1.[Ir]. The summed E-state index contributed by atoms with van der Waals surface area (Å²) in [5, 5.41) is 4.15. The number of rotatable bonds is 7. The van der Waals surface area contributed by atoms with Gasteiger partial charge in [0.25, 0.3) is 0 Å². The van der Waals surface area contributed by atoms with Gasteiger partial charge in [-0.1, -0.05) is 147 Å². The van der Waals surface area contributed by atoms with Crippen molar-refractivity contribution in [3.63, 3.8) is 0 Å². The van der Waals surface area contributed by atoms with Gasteiger partial charge in [-0.25, -0.2) is 0 Å². The number of benzene rings is 4. The second kappa shape index (κ2) is 16.3. The predicted molar refractivity (Wildman–Crippen MR) is 218 cm³/mol. The van der Waals surface area contributed by atoms with Crippen LogP contribution in [0.2, 0.25) is 19.6 Å². The molecule has 0 saturated heterocycles. The molecule has 0 atom stereocenters. The van der Waals surface area contributed by atoms with Gasteiger partial charge in [0.1, 0.15) is 0 Å². The van der Waals surface area contributed by atoms with Crippen molar-refractivity contribution in [3.8, 4) is 33.6 Å². The summed E-state index contributed by atoms with van der Waals surface area (Å²) in [4.78, 5) is 9.44. The summed E-state index contributed by atoms with van der Waals surface area (Å²) in [7, 11) is -1.35. The maximum atomic E-state index is 4.75. The summed E-state index contributed by atoms with van der Waals surface area (Å²) in [6.07, 6.45) is 11.0. The smallest absolute Gasteiger partial charge is 0.0798 e. The molecule has 1 saturated carbocycles.